The van der Waals surface area contributed by atoms with Crippen molar-refractivity contribution in [3.05, 3.63) is 69.4 Å². The average molecular weight is 350 g/mol. The molecule has 0 fully saturated rings. The fourth-order valence-corrected chi connectivity index (χ4v) is 2.89. The first-order valence-corrected chi connectivity index (χ1v) is 8.02. The third-order valence-electron chi connectivity index (χ3n) is 3.66. The van der Waals surface area contributed by atoms with Crippen molar-refractivity contribution in [2.75, 3.05) is 13.6 Å². The van der Waals surface area contributed by atoms with Crippen LogP contribution in [0.3, 0.4) is 0 Å². The fraction of sp³-hybridized carbons (Fsp3) is 0.333. The molecule has 0 heterocycles. The lowest BCUT2D eigenvalue weighted by Gasteiger charge is -2.17. The Balaban J connectivity index is 2.09. The highest BCUT2D eigenvalue weighted by Crippen LogP contribution is 2.20. The van der Waals surface area contributed by atoms with Gasteiger partial charge in [0.05, 0.1) is 0 Å². The predicted octanol–water partition coefficient (Wildman–Crippen LogP) is 4.52. The molecule has 2 aromatic rings. The summed E-state index contributed by atoms with van der Waals surface area (Å²) in [6.07, 6.45) is 1.70. The van der Waals surface area contributed by atoms with Gasteiger partial charge in [-0.05, 0) is 62.5 Å². The summed E-state index contributed by atoms with van der Waals surface area (Å²) < 4.78 is 14.8. The summed E-state index contributed by atoms with van der Waals surface area (Å²) in [5.41, 5.74) is 3.35. The van der Waals surface area contributed by atoms with Gasteiger partial charge in [0.15, 0.2) is 0 Å². The molecular weight excluding hydrogens is 329 g/mol. The van der Waals surface area contributed by atoms with E-state index in [1.165, 1.54) is 17.2 Å². The Morgan fingerprint density at radius 3 is 2.43 bits per heavy atom. The SMILES string of the molecule is CNCC(Cc1ccc(C)cc1)Cc1ccc(Br)cc1F. The van der Waals surface area contributed by atoms with Crippen LogP contribution in [0.5, 0.6) is 0 Å². The van der Waals surface area contributed by atoms with Gasteiger partial charge < -0.3 is 5.32 Å². The summed E-state index contributed by atoms with van der Waals surface area (Å²) in [5, 5.41) is 3.22. The standard InChI is InChI=1S/C18H21BrFN/c1-13-3-5-14(6-4-13)9-15(12-21-2)10-16-7-8-17(19)11-18(16)20/h3-8,11,15,21H,9-10,12H2,1-2H3. The second-order valence-electron chi connectivity index (χ2n) is 5.55. The van der Waals surface area contributed by atoms with E-state index < -0.39 is 0 Å². The molecule has 1 nitrogen and oxygen atoms in total. The molecule has 0 saturated carbocycles. The number of aryl methyl sites for hydroxylation is 1. The van der Waals surface area contributed by atoms with Crippen LogP contribution in [0, 0.1) is 18.7 Å². The van der Waals surface area contributed by atoms with Crippen LogP contribution < -0.4 is 5.32 Å². The van der Waals surface area contributed by atoms with Gasteiger partial charge in [0.1, 0.15) is 5.82 Å². The van der Waals surface area contributed by atoms with Gasteiger partial charge >= 0.3 is 0 Å². The Labute approximate surface area is 134 Å². The zero-order valence-electron chi connectivity index (χ0n) is 12.5. The summed E-state index contributed by atoms with van der Waals surface area (Å²) in [6, 6.07) is 13.9. The van der Waals surface area contributed by atoms with Crippen molar-refractivity contribution in [3.63, 3.8) is 0 Å². The highest BCUT2D eigenvalue weighted by molar-refractivity contribution is 9.10. The van der Waals surface area contributed by atoms with Crippen LogP contribution in [0.1, 0.15) is 16.7 Å². The zero-order chi connectivity index (χ0) is 15.2. The van der Waals surface area contributed by atoms with E-state index >= 15 is 0 Å². The molecule has 0 aliphatic carbocycles. The monoisotopic (exact) mass is 349 g/mol. The van der Waals surface area contributed by atoms with E-state index in [2.05, 4.69) is 52.4 Å². The van der Waals surface area contributed by atoms with Gasteiger partial charge in [-0.15, -0.1) is 0 Å². The molecule has 112 valence electrons. The van der Waals surface area contributed by atoms with Gasteiger partial charge in [-0.2, -0.15) is 0 Å². The largest absolute Gasteiger partial charge is 0.319 e. The Kier molecular flexibility index (Phi) is 5.95. The van der Waals surface area contributed by atoms with Gasteiger partial charge in [-0.3, -0.25) is 0 Å². The van der Waals surface area contributed by atoms with E-state index in [9.17, 15) is 4.39 Å². The minimum absolute atomic E-state index is 0.130. The van der Waals surface area contributed by atoms with Crippen molar-refractivity contribution in [1.82, 2.24) is 5.32 Å². The molecular formula is C18H21BrFN. The molecule has 0 saturated heterocycles. The molecule has 2 aromatic carbocycles. The molecule has 1 atom stereocenters. The van der Waals surface area contributed by atoms with E-state index in [0.29, 0.717) is 5.92 Å². The van der Waals surface area contributed by atoms with Crippen molar-refractivity contribution in [3.8, 4) is 0 Å². The van der Waals surface area contributed by atoms with Crippen molar-refractivity contribution in [2.24, 2.45) is 5.92 Å². The highest BCUT2D eigenvalue weighted by Gasteiger charge is 2.13. The van der Waals surface area contributed by atoms with Crippen LogP contribution in [0.4, 0.5) is 4.39 Å². The molecule has 0 radical (unpaired) electrons. The van der Waals surface area contributed by atoms with E-state index in [1.807, 2.05) is 19.2 Å². The number of nitrogens with one attached hydrogen (secondary N) is 1. The summed E-state index contributed by atoms with van der Waals surface area (Å²) >= 11 is 3.30. The summed E-state index contributed by atoms with van der Waals surface area (Å²) in [6.45, 7) is 2.97. The number of hydrogen-bond acceptors (Lipinski definition) is 1. The van der Waals surface area contributed by atoms with Gasteiger partial charge in [0.25, 0.3) is 0 Å². The van der Waals surface area contributed by atoms with Crippen LogP contribution >= 0.6 is 15.9 Å². The second-order valence-corrected chi connectivity index (χ2v) is 6.47. The molecule has 0 spiro atoms. The van der Waals surface area contributed by atoms with Crippen molar-refractivity contribution < 1.29 is 4.39 Å². The zero-order valence-corrected chi connectivity index (χ0v) is 14.1. The molecule has 0 amide bonds. The predicted molar refractivity (Wildman–Crippen MR) is 90.1 cm³/mol. The van der Waals surface area contributed by atoms with Crippen molar-refractivity contribution >= 4 is 15.9 Å². The van der Waals surface area contributed by atoms with Crippen LogP contribution in [0.2, 0.25) is 0 Å². The first kappa shape index (κ1) is 16.2. The minimum atomic E-state index is -0.130. The summed E-state index contributed by atoms with van der Waals surface area (Å²) in [4.78, 5) is 0. The number of hydrogen-bond donors (Lipinski definition) is 1. The van der Waals surface area contributed by atoms with Crippen molar-refractivity contribution in [2.45, 2.75) is 19.8 Å². The lowest BCUT2D eigenvalue weighted by molar-refractivity contribution is 0.479. The maximum atomic E-state index is 14.0. The first-order chi connectivity index (χ1) is 10.1. The smallest absolute Gasteiger partial charge is 0.127 e. The maximum absolute atomic E-state index is 14.0. The molecule has 1 unspecified atom stereocenters. The Hall–Kier alpha value is -1.19. The van der Waals surface area contributed by atoms with Gasteiger partial charge in [-0.1, -0.05) is 51.8 Å². The molecule has 0 aliphatic rings. The second kappa shape index (κ2) is 7.71. The first-order valence-electron chi connectivity index (χ1n) is 7.22. The molecule has 3 heteroatoms. The molecule has 0 bridgehead atoms. The lowest BCUT2D eigenvalue weighted by atomic mass is 9.92. The van der Waals surface area contributed by atoms with Gasteiger partial charge in [-0.25, -0.2) is 4.39 Å². The molecule has 1 N–H and O–H groups in total. The van der Waals surface area contributed by atoms with Crippen LogP contribution in [0.25, 0.3) is 0 Å². The van der Waals surface area contributed by atoms with Crippen LogP contribution in [-0.2, 0) is 12.8 Å². The summed E-state index contributed by atoms with van der Waals surface area (Å²) in [5.74, 6) is 0.253. The average Bonchev–Trinajstić information content (AvgIpc) is 2.44. The van der Waals surface area contributed by atoms with E-state index in [4.69, 9.17) is 0 Å². The fourth-order valence-electron chi connectivity index (χ4n) is 2.56. The number of rotatable bonds is 6. The Bertz CT molecular complexity index is 580. The van der Waals surface area contributed by atoms with E-state index in [-0.39, 0.29) is 5.82 Å². The highest BCUT2D eigenvalue weighted by atomic mass is 79.9. The number of halogens is 2. The quantitative estimate of drug-likeness (QED) is 0.808. The van der Waals surface area contributed by atoms with Crippen LogP contribution in [-0.4, -0.2) is 13.6 Å². The van der Waals surface area contributed by atoms with Crippen LogP contribution in [0.15, 0.2) is 46.9 Å². The third-order valence-corrected chi connectivity index (χ3v) is 4.15. The van der Waals surface area contributed by atoms with Gasteiger partial charge in [0.2, 0.25) is 0 Å². The van der Waals surface area contributed by atoms with E-state index in [0.717, 1.165) is 29.4 Å². The summed E-state index contributed by atoms with van der Waals surface area (Å²) in [7, 11) is 1.94. The Morgan fingerprint density at radius 2 is 1.81 bits per heavy atom. The Morgan fingerprint density at radius 1 is 1.10 bits per heavy atom. The lowest BCUT2D eigenvalue weighted by Crippen LogP contribution is -2.23. The normalized spacial score (nSPS) is 12.4. The molecule has 0 aromatic heterocycles. The van der Waals surface area contributed by atoms with Gasteiger partial charge in [0, 0.05) is 4.47 Å². The molecule has 0 aliphatic heterocycles. The maximum Gasteiger partial charge on any atom is 0.127 e. The van der Waals surface area contributed by atoms with Crippen molar-refractivity contribution in [1.29, 1.82) is 0 Å². The topological polar surface area (TPSA) is 12.0 Å². The molecule has 21 heavy (non-hydrogen) atoms. The minimum Gasteiger partial charge on any atom is -0.319 e. The number of benzene rings is 2. The third kappa shape index (κ3) is 4.94. The molecule has 2 rings (SSSR count). The van der Waals surface area contributed by atoms with E-state index in [1.54, 1.807) is 0 Å².